The van der Waals surface area contributed by atoms with Crippen LogP contribution in [0.25, 0.3) is 0 Å². The maximum atomic E-state index is 9.19. The van der Waals surface area contributed by atoms with Gasteiger partial charge >= 0.3 is 0 Å². The molecule has 1 unspecified atom stereocenters. The van der Waals surface area contributed by atoms with Crippen LogP contribution in [0.2, 0.25) is 0 Å². The normalized spacial score (nSPS) is 22.7. The van der Waals surface area contributed by atoms with Crippen molar-refractivity contribution in [2.45, 2.75) is 44.6 Å². The second kappa shape index (κ2) is 6.49. The van der Waals surface area contributed by atoms with Crippen molar-refractivity contribution in [2.24, 2.45) is 4.99 Å². The molecule has 0 fully saturated rings. The van der Waals surface area contributed by atoms with Gasteiger partial charge in [0.15, 0.2) is 0 Å². The van der Waals surface area contributed by atoms with E-state index in [0.717, 1.165) is 54.0 Å². The molecule has 132 valence electrons. The minimum Gasteiger partial charge on any atom is -0.496 e. The summed E-state index contributed by atoms with van der Waals surface area (Å²) in [6, 6.07) is 12.4. The Bertz CT molecular complexity index is 926. The van der Waals surface area contributed by atoms with Crippen LogP contribution < -0.4 is 9.47 Å². The maximum Gasteiger partial charge on any atom is 0.205 e. The van der Waals surface area contributed by atoms with Gasteiger partial charge in [-0.2, -0.15) is 10.3 Å². The number of nitrogens with zero attached hydrogens (tertiary/aromatic N) is 2. The van der Waals surface area contributed by atoms with E-state index in [1.165, 1.54) is 11.1 Å². The van der Waals surface area contributed by atoms with Crippen molar-refractivity contribution in [3.8, 4) is 17.7 Å². The van der Waals surface area contributed by atoms with Crippen LogP contribution in [0.4, 0.5) is 0 Å². The topological polar surface area (TPSA) is 54.6 Å². The molecule has 4 heteroatoms. The van der Waals surface area contributed by atoms with Gasteiger partial charge < -0.3 is 9.47 Å². The van der Waals surface area contributed by atoms with Crippen LogP contribution in [0, 0.1) is 18.4 Å². The van der Waals surface area contributed by atoms with Gasteiger partial charge in [-0.05, 0) is 55.5 Å². The summed E-state index contributed by atoms with van der Waals surface area (Å²) in [5.74, 6) is 1.79. The molecule has 0 amide bonds. The molecule has 4 rings (SSSR count). The number of benzene rings is 2. The fourth-order valence-electron chi connectivity index (χ4n) is 4.30. The van der Waals surface area contributed by atoms with E-state index >= 15 is 0 Å². The standard InChI is InChI=1S/C22H22N2O2/c1-15-8-9-21-18(11-15)19(24-14-23)13-22(26-21)10-4-6-17-16(12-22)5-3-7-20(17)25-2/h3,5,7-9,11H,4,6,10,12-13H2,1-2H3. The van der Waals surface area contributed by atoms with Crippen molar-refractivity contribution in [3.63, 3.8) is 0 Å². The van der Waals surface area contributed by atoms with E-state index in [1.807, 2.05) is 31.3 Å². The summed E-state index contributed by atoms with van der Waals surface area (Å²) in [6.45, 7) is 2.04. The number of methoxy groups -OCH3 is 1. The lowest BCUT2D eigenvalue weighted by atomic mass is 9.82. The fourth-order valence-corrected chi connectivity index (χ4v) is 4.30. The Kier molecular flexibility index (Phi) is 4.16. The molecule has 0 N–H and O–H groups in total. The molecule has 0 radical (unpaired) electrons. The van der Waals surface area contributed by atoms with Crippen LogP contribution in [0.1, 0.15) is 41.5 Å². The number of aryl methyl sites for hydroxylation is 1. The van der Waals surface area contributed by atoms with Crippen molar-refractivity contribution < 1.29 is 9.47 Å². The Labute approximate surface area is 154 Å². The van der Waals surface area contributed by atoms with Crippen molar-refractivity contribution in [2.75, 3.05) is 7.11 Å². The summed E-state index contributed by atoms with van der Waals surface area (Å²) < 4.78 is 12.1. The second-order valence-electron chi connectivity index (χ2n) is 7.25. The SMILES string of the molecule is COc1cccc2c1CCCC1(CC(=NC#N)c3cc(C)ccc3O1)C2. The number of fused-ring (bicyclic) bond motifs is 2. The van der Waals surface area contributed by atoms with Crippen molar-refractivity contribution >= 4 is 5.71 Å². The smallest absolute Gasteiger partial charge is 0.205 e. The molecule has 0 saturated heterocycles. The number of aliphatic imine (C=N–C) groups is 1. The Hall–Kier alpha value is -2.80. The third-order valence-electron chi connectivity index (χ3n) is 5.47. The van der Waals surface area contributed by atoms with Crippen LogP contribution in [0.15, 0.2) is 41.4 Å². The van der Waals surface area contributed by atoms with E-state index in [0.29, 0.717) is 6.42 Å². The quantitative estimate of drug-likeness (QED) is 0.720. The number of ether oxygens (including phenoxy) is 2. The lowest BCUT2D eigenvalue weighted by Gasteiger charge is -2.39. The molecule has 2 aromatic rings. The summed E-state index contributed by atoms with van der Waals surface area (Å²) >= 11 is 0. The summed E-state index contributed by atoms with van der Waals surface area (Å²) in [4.78, 5) is 4.15. The van der Waals surface area contributed by atoms with Gasteiger partial charge in [-0.3, -0.25) is 0 Å². The van der Waals surface area contributed by atoms with Crippen LogP contribution in [-0.2, 0) is 12.8 Å². The first-order valence-electron chi connectivity index (χ1n) is 9.04. The van der Waals surface area contributed by atoms with Crippen molar-refractivity contribution in [1.82, 2.24) is 0 Å². The van der Waals surface area contributed by atoms with Gasteiger partial charge in [-0.15, -0.1) is 0 Å². The van der Waals surface area contributed by atoms with Crippen LogP contribution in [-0.4, -0.2) is 18.4 Å². The largest absolute Gasteiger partial charge is 0.496 e. The second-order valence-corrected chi connectivity index (χ2v) is 7.25. The Morgan fingerprint density at radius 2 is 2.12 bits per heavy atom. The molecule has 4 nitrogen and oxygen atoms in total. The highest BCUT2D eigenvalue weighted by atomic mass is 16.5. The molecule has 1 aliphatic carbocycles. The van der Waals surface area contributed by atoms with E-state index in [-0.39, 0.29) is 5.60 Å². The molecule has 1 spiro atoms. The highest BCUT2D eigenvalue weighted by Gasteiger charge is 2.41. The van der Waals surface area contributed by atoms with E-state index in [4.69, 9.17) is 9.47 Å². The molecule has 1 aliphatic heterocycles. The summed E-state index contributed by atoms with van der Waals surface area (Å²) in [5.41, 5.74) is 5.13. The molecule has 0 aromatic heterocycles. The van der Waals surface area contributed by atoms with E-state index in [9.17, 15) is 5.26 Å². The van der Waals surface area contributed by atoms with Crippen LogP contribution >= 0.6 is 0 Å². The first-order chi connectivity index (χ1) is 12.6. The molecular formula is C22H22N2O2. The molecule has 26 heavy (non-hydrogen) atoms. The van der Waals surface area contributed by atoms with Gasteiger partial charge in [0, 0.05) is 18.4 Å². The van der Waals surface area contributed by atoms with Crippen LogP contribution in [0.3, 0.4) is 0 Å². The Morgan fingerprint density at radius 1 is 1.23 bits per heavy atom. The van der Waals surface area contributed by atoms with Gasteiger partial charge in [-0.1, -0.05) is 23.8 Å². The number of hydrogen-bond donors (Lipinski definition) is 0. The molecule has 2 aliphatic rings. The first kappa shape index (κ1) is 16.7. The lowest BCUT2D eigenvalue weighted by molar-refractivity contribution is 0.0618. The molecule has 2 aromatic carbocycles. The number of hydrogen-bond acceptors (Lipinski definition) is 4. The van der Waals surface area contributed by atoms with Gasteiger partial charge in [0.2, 0.25) is 6.19 Å². The first-order valence-corrected chi connectivity index (χ1v) is 9.04. The molecule has 0 saturated carbocycles. The van der Waals surface area contributed by atoms with E-state index < -0.39 is 0 Å². The molecule has 1 heterocycles. The zero-order valence-electron chi connectivity index (χ0n) is 15.2. The Morgan fingerprint density at radius 3 is 2.92 bits per heavy atom. The highest BCUT2D eigenvalue weighted by molar-refractivity contribution is 6.05. The van der Waals surface area contributed by atoms with Gasteiger partial charge in [0.05, 0.1) is 12.8 Å². The molecule has 0 bridgehead atoms. The van der Waals surface area contributed by atoms with Gasteiger partial charge in [0.25, 0.3) is 0 Å². The summed E-state index contributed by atoms with van der Waals surface area (Å²) in [6.07, 6.45) is 6.39. The third-order valence-corrected chi connectivity index (χ3v) is 5.47. The van der Waals surface area contributed by atoms with E-state index in [2.05, 4.69) is 23.2 Å². The maximum absolute atomic E-state index is 9.19. The fraction of sp³-hybridized carbons (Fsp3) is 0.364. The number of nitriles is 1. The van der Waals surface area contributed by atoms with Crippen molar-refractivity contribution in [1.29, 1.82) is 5.26 Å². The molecular weight excluding hydrogens is 324 g/mol. The zero-order chi connectivity index (χ0) is 18.1. The average molecular weight is 346 g/mol. The minimum atomic E-state index is -0.352. The predicted molar refractivity (Wildman–Crippen MR) is 101 cm³/mol. The van der Waals surface area contributed by atoms with Gasteiger partial charge in [0.1, 0.15) is 17.1 Å². The predicted octanol–water partition coefficient (Wildman–Crippen LogP) is 4.37. The number of rotatable bonds is 1. The van der Waals surface area contributed by atoms with E-state index in [1.54, 1.807) is 7.11 Å². The average Bonchev–Trinajstić information content (AvgIpc) is 2.81. The summed E-state index contributed by atoms with van der Waals surface area (Å²) in [5, 5.41) is 9.19. The summed E-state index contributed by atoms with van der Waals surface area (Å²) in [7, 11) is 1.73. The highest BCUT2D eigenvalue weighted by Crippen LogP contribution is 2.42. The minimum absolute atomic E-state index is 0.352. The lowest BCUT2D eigenvalue weighted by Crippen LogP contribution is -2.44. The monoisotopic (exact) mass is 346 g/mol. The van der Waals surface area contributed by atoms with Crippen molar-refractivity contribution in [3.05, 3.63) is 58.7 Å². The molecule has 1 atom stereocenters. The third kappa shape index (κ3) is 2.84. The Balaban J connectivity index is 1.78. The van der Waals surface area contributed by atoms with Gasteiger partial charge in [-0.25, -0.2) is 0 Å². The van der Waals surface area contributed by atoms with Crippen LogP contribution in [0.5, 0.6) is 11.5 Å². The zero-order valence-corrected chi connectivity index (χ0v) is 15.2.